The monoisotopic (exact) mass is 219 g/mol. The number of nitrogens with zero attached hydrogens (tertiary/aromatic N) is 3. The van der Waals surface area contributed by atoms with Crippen LogP contribution in [0.2, 0.25) is 0 Å². The Morgan fingerprint density at radius 2 is 2.00 bits per heavy atom. The maximum Gasteiger partial charge on any atom is 0.0857 e. The van der Waals surface area contributed by atoms with E-state index in [1.807, 2.05) is 4.68 Å². The minimum absolute atomic E-state index is 0.723. The van der Waals surface area contributed by atoms with Crippen LogP contribution in [0.25, 0.3) is 0 Å². The molecule has 0 aliphatic heterocycles. The molecule has 0 amide bonds. The van der Waals surface area contributed by atoms with Gasteiger partial charge in [-0.25, -0.2) is 0 Å². The molecule has 3 nitrogen and oxygen atoms in total. The van der Waals surface area contributed by atoms with E-state index in [1.165, 1.54) is 57.1 Å². The minimum Gasteiger partial charge on any atom is -0.252 e. The summed E-state index contributed by atoms with van der Waals surface area (Å²) in [6, 6.07) is 0. The van der Waals surface area contributed by atoms with Gasteiger partial charge in [0.15, 0.2) is 0 Å². The number of hydrogen-bond acceptors (Lipinski definition) is 2. The van der Waals surface area contributed by atoms with E-state index in [0.29, 0.717) is 0 Å². The summed E-state index contributed by atoms with van der Waals surface area (Å²) in [5.41, 5.74) is 1.23. The molecule has 2 aliphatic rings. The zero-order chi connectivity index (χ0) is 10.8. The standard InChI is InChI=1S/C13H21N3/c1-4-11(5-1)6-3-9-16-10-13(14-15-16)12-7-2-8-12/h10-12H,1-9H2. The Labute approximate surface area is 97.2 Å². The highest BCUT2D eigenvalue weighted by atomic mass is 15.4. The number of aryl methyl sites for hydroxylation is 1. The van der Waals surface area contributed by atoms with Crippen LogP contribution >= 0.6 is 0 Å². The molecule has 0 bridgehead atoms. The van der Waals surface area contributed by atoms with E-state index in [0.717, 1.165) is 18.4 Å². The molecule has 2 saturated carbocycles. The van der Waals surface area contributed by atoms with E-state index in [2.05, 4.69) is 16.5 Å². The molecule has 0 radical (unpaired) electrons. The summed E-state index contributed by atoms with van der Waals surface area (Å²) in [6.07, 6.45) is 13.2. The third kappa shape index (κ3) is 2.13. The molecular weight excluding hydrogens is 198 g/mol. The Hall–Kier alpha value is -0.860. The smallest absolute Gasteiger partial charge is 0.0857 e. The molecule has 0 unspecified atom stereocenters. The van der Waals surface area contributed by atoms with Gasteiger partial charge in [-0.05, 0) is 31.6 Å². The van der Waals surface area contributed by atoms with Gasteiger partial charge in [-0.3, -0.25) is 4.68 Å². The second-order valence-electron chi connectivity index (χ2n) is 5.47. The molecule has 16 heavy (non-hydrogen) atoms. The van der Waals surface area contributed by atoms with Crippen LogP contribution in [0, 0.1) is 5.92 Å². The lowest BCUT2D eigenvalue weighted by Crippen LogP contribution is -2.12. The van der Waals surface area contributed by atoms with E-state index < -0.39 is 0 Å². The molecule has 0 atom stereocenters. The molecule has 0 aromatic carbocycles. The van der Waals surface area contributed by atoms with Gasteiger partial charge in [-0.1, -0.05) is 30.9 Å². The highest BCUT2D eigenvalue weighted by Crippen LogP contribution is 2.35. The molecule has 0 spiro atoms. The van der Waals surface area contributed by atoms with E-state index in [-0.39, 0.29) is 0 Å². The Kier molecular flexibility index (Phi) is 2.94. The number of hydrogen-bond donors (Lipinski definition) is 0. The first kappa shape index (κ1) is 10.3. The molecule has 2 fully saturated rings. The highest BCUT2D eigenvalue weighted by Gasteiger charge is 2.22. The molecular formula is C13H21N3. The molecule has 1 aromatic rings. The van der Waals surface area contributed by atoms with Crippen molar-refractivity contribution in [3.63, 3.8) is 0 Å². The molecule has 3 rings (SSSR count). The minimum atomic E-state index is 0.723. The quantitative estimate of drug-likeness (QED) is 0.761. The lowest BCUT2D eigenvalue weighted by Gasteiger charge is -2.24. The van der Waals surface area contributed by atoms with Crippen molar-refractivity contribution in [1.29, 1.82) is 0 Å². The van der Waals surface area contributed by atoms with Crippen LogP contribution in [-0.2, 0) is 6.54 Å². The lowest BCUT2D eigenvalue weighted by atomic mass is 9.82. The SMILES string of the molecule is c1c(C2CCC2)nnn1CCCC1CCC1. The molecule has 88 valence electrons. The Bertz CT molecular complexity index is 337. The summed E-state index contributed by atoms with van der Waals surface area (Å²) in [5.74, 6) is 1.75. The Balaban J connectivity index is 1.44. The lowest BCUT2D eigenvalue weighted by molar-refractivity contribution is 0.282. The molecule has 3 heteroatoms. The molecule has 0 N–H and O–H groups in total. The Morgan fingerprint density at radius 3 is 2.62 bits per heavy atom. The molecule has 2 aliphatic carbocycles. The average Bonchev–Trinajstić information content (AvgIpc) is 2.55. The fourth-order valence-corrected chi connectivity index (χ4v) is 2.64. The van der Waals surface area contributed by atoms with Gasteiger partial charge in [0, 0.05) is 18.7 Å². The van der Waals surface area contributed by atoms with Gasteiger partial charge in [0.25, 0.3) is 0 Å². The molecule has 1 heterocycles. The zero-order valence-corrected chi connectivity index (χ0v) is 9.94. The maximum atomic E-state index is 4.28. The maximum absolute atomic E-state index is 4.28. The third-order valence-corrected chi connectivity index (χ3v) is 4.30. The highest BCUT2D eigenvalue weighted by molar-refractivity contribution is 5.05. The van der Waals surface area contributed by atoms with Gasteiger partial charge in [0.05, 0.1) is 5.69 Å². The van der Waals surface area contributed by atoms with Crippen LogP contribution in [0.1, 0.15) is 63.0 Å². The molecule has 0 saturated heterocycles. The van der Waals surface area contributed by atoms with Gasteiger partial charge in [-0.15, -0.1) is 5.10 Å². The van der Waals surface area contributed by atoms with Crippen molar-refractivity contribution in [2.75, 3.05) is 0 Å². The Morgan fingerprint density at radius 1 is 1.19 bits per heavy atom. The van der Waals surface area contributed by atoms with Crippen molar-refractivity contribution in [2.45, 2.75) is 63.8 Å². The summed E-state index contributed by atoms with van der Waals surface area (Å²) in [4.78, 5) is 0. The fourth-order valence-electron chi connectivity index (χ4n) is 2.64. The second-order valence-corrected chi connectivity index (χ2v) is 5.47. The van der Waals surface area contributed by atoms with Gasteiger partial charge >= 0.3 is 0 Å². The summed E-state index contributed by atoms with van der Waals surface area (Å²) in [6.45, 7) is 1.07. The van der Waals surface area contributed by atoms with Crippen molar-refractivity contribution >= 4 is 0 Å². The van der Waals surface area contributed by atoms with Crippen molar-refractivity contribution in [1.82, 2.24) is 15.0 Å². The zero-order valence-electron chi connectivity index (χ0n) is 9.94. The van der Waals surface area contributed by atoms with E-state index >= 15 is 0 Å². The summed E-state index contributed by atoms with van der Waals surface area (Å²) < 4.78 is 2.05. The van der Waals surface area contributed by atoms with Gasteiger partial charge < -0.3 is 0 Å². The van der Waals surface area contributed by atoms with E-state index in [1.54, 1.807) is 0 Å². The summed E-state index contributed by atoms with van der Waals surface area (Å²) >= 11 is 0. The largest absolute Gasteiger partial charge is 0.252 e. The topological polar surface area (TPSA) is 30.7 Å². The third-order valence-electron chi connectivity index (χ3n) is 4.30. The van der Waals surface area contributed by atoms with Gasteiger partial charge in [0.1, 0.15) is 0 Å². The van der Waals surface area contributed by atoms with Crippen molar-refractivity contribution in [2.24, 2.45) is 5.92 Å². The second kappa shape index (κ2) is 4.56. The first-order chi connectivity index (χ1) is 7.92. The van der Waals surface area contributed by atoms with Gasteiger partial charge in [0.2, 0.25) is 0 Å². The van der Waals surface area contributed by atoms with Crippen LogP contribution in [0.15, 0.2) is 6.20 Å². The van der Waals surface area contributed by atoms with Crippen LogP contribution in [0.3, 0.4) is 0 Å². The van der Waals surface area contributed by atoms with E-state index in [4.69, 9.17) is 0 Å². The van der Waals surface area contributed by atoms with Crippen molar-refractivity contribution in [3.8, 4) is 0 Å². The van der Waals surface area contributed by atoms with Crippen molar-refractivity contribution in [3.05, 3.63) is 11.9 Å². The first-order valence-corrected chi connectivity index (χ1v) is 6.82. The van der Waals surface area contributed by atoms with Crippen LogP contribution in [0.4, 0.5) is 0 Å². The van der Waals surface area contributed by atoms with Gasteiger partial charge in [-0.2, -0.15) is 0 Å². The predicted octanol–water partition coefficient (Wildman–Crippen LogP) is 3.13. The van der Waals surface area contributed by atoms with E-state index in [9.17, 15) is 0 Å². The summed E-state index contributed by atoms with van der Waals surface area (Å²) in [7, 11) is 0. The average molecular weight is 219 g/mol. The van der Waals surface area contributed by atoms with Crippen LogP contribution in [0.5, 0.6) is 0 Å². The van der Waals surface area contributed by atoms with Crippen molar-refractivity contribution < 1.29 is 0 Å². The molecule has 1 aromatic heterocycles. The number of rotatable bonds is 5. The number of aromatic nitrogens is 3. The first-order valence-electron chi connectivity index (χ1n) is 6.82. The van der Waals surface area contributed by atoms with Crippen LogP contribution < -0.4 is 0 Å². The normalized spacial score (nSPS) is 21.8. The van der Waals surface area contributed by atoms with Crippen LogP contribution in [-0.4, -0.2) is 15.0 Å². The fraction of sp³-hybridized carbons (Fsp3) is 0.846. The summed E-state index contributed by atoms with van der Waals surface area (Å²) in [5, 5.41) is 8.51. The predicted molar refractivity (Wildman–Crippen MR) is 63.2 cm³/mol.